The molecule has 248 valence electrons. The van der Waals surface area contributed by atoms with E-state index in [-0.39, 0.29) is 46.4 Å². The van der Waals surface area contributed by atoms with E-state index in [0.717, 1.165) is 42.6 Å². The Labute approximate surface area is 278 Å². The minimum absolute atomic E-state index is 0.144. The zero-order valence-corrected chi connectivity index (χ0v) is 28.1. The molecule has 1 aliphatic heterocycles. The third-order valence-electron chi connectivity index (χ3n) is 9.26. The molecule has 2 aliphatic carbocycles. The molecule has 12 heteroatoms. The Kier molecular flexibility index (Phi) is 7.68. The van der Waals surface area contributed by atoms with E-state index in [2.05, 4.69) is 21.0 Å². The van der Waals surface area contributed by atoms with Crippen molar-refractivity contribution in [3.63, 3.8) is 0 Å². The molecule has 0 N–H and O–H groups in total. The number of benzene rings is 1. The molecule has 7 rings (SSSR count). The van der Waals surface area contributed by atoms with Gasteiger partial charge in [0.05, 0.1) is 33.7 Å². The molecule has 1 amide bonds. The van der Waals surface area contributed by atoms with Crippen LogP contribution in [0.2, 0.25) is 0 Å². The largest absolute Gasteiger partial charge is 0.444 e. The fourth-order valence-electron chi connectivity index (χ4n) is 6.61. The second-order valence-corrected chi connectivity index (χ2v) is 14.4. The number of hydrogen-bond acceptors (Lipinski definition) is 9. The van der Waals surface area contributed by atoms with Gasteiger partial charge in [-0.15, -0.1) is 0 Å². The Balaban J connectivity index is 1.46. The van der Waals surface area contributed by atoms with E-state index >= 15 is 4.39 Å². The predicted octanol–water partition coefficient (Wildman–Crippen LogP) is 6.15. The van der Waals surface area contributed by atoms with Gasteiger partial charge in [-0.2, -0.15) is 10.2 Å². The van der Waals surface area contributed by atoms with Gasteiger partial charge in [0.2, 0.25) is 0 Å². The molecule has 48 heavy (non-hydrogen) atoms. The van der Waals surface area contributed by atoms with Crippen LogP contribution in [0.1, 0.15) is 94.7 Å². The lowest BCUT2D eigenvalue weighted by molar-refractivity contribution is 0.0130. The van der Waals surface area contributed by atoms with Crippen LogP contribution in [0.4, 0.5) is 15.0 Å². The van der Waals surface area contributed by atoms with Crippen LogP contribution in [0, 0.1) is 24.1 Å². The van der Waals surface area contributed by atoms with Gasteiger partial charge in [0, 0.05) is 42.6 Å². The molecule has 3 aromatic heterocycles. The fraction of sp³-hybridized carbons (Fsp3) is 0.472. The third-order valence-corrected chi connectivity index (χ3v) is 9.26. The number of carbonyl (C=O) groups excluding carboxylic acids is 1. The van der Waals surface area contributed by atoms with E-state index in [9.17, 15) is 14.9 Å². The van der Waals surface area contributed by atoms with Gasteiger partial charge < -0.3 is 14.5 Å². The lowest BCUT2D eigenvalue weighted by Crippen LogP contribution is -2.59. The Morgan fingerprint density at radius 2 is 1.67 bits per heavy atom. The standard InChI is InChI=1S/C36H39FN8O3/c1-19-7-12-27(37)25(13-19)28-24(15-38)14-26-32(43-16-21(3)44(17-20(43)2)35(47)48-36(4,5)6)42-34(46)45(33(26)41-28)31-29(22-8-9-22)39-18-40-30(31)23-10-11-23/h7,12-14,18,20-23H,8-11,16-17H2,1-6H3/t20-,21+/m0/s1. The van der Waals surface area contributed by atoms with Crippen LogP contribution in [0.25, 0.3) is 28.0 Å². The summed E-state index contributed by atoms with van der Waals surface area (Å²) in [5.41, 5.74) is 2.50. The average molecular weight is 651 g/mol. The van der Waals surface area contributed by atoms with E-state index in [4.69, 9.17) is 9.72 Å². The van der Waals surface area contributed by atoms with Crippen LogP contribution in [0.15, 0.2) is 35.4 Å². The summed E-state index contributed by atoms with van der Waals surface area (Å²) < 4.78 is 22.6. The Morgan fingerprint density at radius 1 is 1.00 bits per heavy atom. The number of halogens is 1. The number of aryl methyl sites for hydroxylation is 1. The molecular formula is C36H39FN8O3. The summed E-state index contributed by atoms with van der Waals surface area (Å²) in [6.45, 7) is 11.9. The number of nitrogens with zero attached hydrogens (tertiary/aromatic N) is 8. The summed E-state index contributed by atoms with van der Waals surface area (Å²) in [6, 6.07) is 8.03. The number of carbonyl (C=O) groups is 1. The molecule has 1 saturated heterocycles. The molecule has 3 fully saturated rings. The van der Waals surface area contributed by atoms with E-state index < -0.39 is 23.2 Å². The summed E-state index contributed by atoms with van der Waals surface area (Å²) in [5.74, 6) is 0.215. The Bertz CT molecular complexity index is 2030. The number of nitriles is 1. The van der Waals surface area contributed by atoms with E-state index in [1.165, 1.54) is 10.6 Å². The first-order valence-electron chi connectivity index (χ1n) is 16.6. The summed E-state index contributed by atoms with van der Waals surface area (Å²) in [6.07, 6.45) is 4.98. The van der Waals surface area contributed by atoms with Crippen molar-refractivity contribution < 1.29 is 13.9 Å². The number of aromatic nitrogens is 5. The molecule has 3 aliphatic rings. The van der Waals surface area contributed by atoms with Crippen molar-refractivity contribution in [2.24, 2.45) is 0 Å². The van der Waals surface area contributed by atoms with Gasteiger partial charge in [-0.25, -0.2) is 33.5 Å². The zero-order chi connectivity index (χ0) is 34.1. The van der Waals surface area contributed by atoms with Crippen LogP contribution in [0.3, 0.4) is 0 Å². The second-order valence-electron chi connectivity index (χ2n) is 14.4. The number of ether oxygens (including phenoxy) is 1. The second kappa shape index (κ2) is 11.6. The molecule has 2 saturated carbocycles. The summed E-state index contributed by atoms with van der Waals surface area (Å²) in [7, 11) is 0. The van der Waals surface area contributed by atoms with Crippen LogP contribution >= 0.6 is 0 Å². The summed E-state index contributed by atoms with van der Waals surface area (Å²) in [4.78, 5) is 50.2. The van der Waals surface area contributed by atoms with Crippen molar-refractivity contribution in [1.29, 1.82) is 5.26 Å². The van der Waals surface area contributed by atoms with Gasteiger partial charge in [0.1, 0.15) is 29.6 Å². The molecular weight excluding hydrogens is 611 g/mol. The molecule has 4 heterocycles. The van der Waals surface area contributed by atoms with Crippen molar-refractivity contribution in [2.75, 3.05) is 18.0 Å². The minimum Gasteiger partial charge on any atom is -0.444 e. The van der Waals surface area contributed by atoms with Crippen molar-refractivity contribution in [3.8, 4) is 23.0 Å². The fourth-order valence-corrected chi connectivity index (χ4v) is 6.61. The van der Waals surface area contributed by atoms with Gasteiger partial charge in [-0.3, -0.25) is 0 Å². The maximum Gasteiger partial charge on any atom is 0.410 e. The highest BCUT2D eigenvalue weighted by atomic mass is 19.1. The number of rotatable bonds is 5. The molecule has 0 unspecified atom stereocenters. The molecule has 4 aromatic rings. The summed E-state index contributed by atoms with van der Waals surface area (Å²) in [5, 5.41) is 10.9. The predicted molar refractivity (Wildman–Crippen MR) is 179 cm³/mol. The lowest BCUT2D eigenvalue weighted by Gasteiger charge is -2.44. The van der Waals surface area contributed by atoms with Crippen LogP contribution in [-0.2, 0) is 4.74 Å². The highest BCUT2D eigenvalue weighted by Gasteiger charge is 2.39. The van der Waals surface area contributed by atoms with Crippen LogP contribution < -0.4 is 10.6 Å². The first kappa shape index (κ1) is 31.7. The number of hydrogen-bond donors (Lipinski definition) is 0. The molecule has 0 spiro atoms. The van der Waals surface area contributed by atoms with Crippen LogP contribution in [-0.4, -0.2) is 66.3 Å². The Morgan fingerprint density at radius 3 is 2.27 bits per heavy atom. The lowest BCUT2D eigenvalue weighted by atomic mass is 10.0. The highest BCUT2D eigenvalue weighted by molar-refractivity contribution is 5.92. The van der Waals surface area contributed by atoms with Crippen molar-refractivity contribution in [1.82, 2.24) is 29.4 Å². The highest BCUT2D eigenvalue weighted by Crippen LogP contribution is 2.47. The zero-order valence-electron chi connectivity index (χ0n) is 28.1. The number of amides is 1. The maximum absolute atomic E-state index is 15.4. The molecule has 0 radical (unpaired) electrons. The van der Waals surface area contributed by atoms with E-state index in [0.29, 0.717) is 30.0 Å². The number of anilines is 1. The first-order chi connectivity index (χ1) is 22.8. The molecule has 2 atom stereocenters. The molecule has 11 nitrogen and oxygen atoms in total. The molecule has 1 aromatic carbocycles. The number of pyridine rings is 1. The smallest absolute Gasteiger partial charge is 0.410 e. The normalized spacial score (nSPS) is 19.8. The van der Waals surface area contributed by atoms with Gasteiger partial charge in [-0.05, 0) is 85.4 Å². The van der Waals surface area contributed by atoms with E-state index in [1.807, 2.05) is 46.4 Å². The molecule has 0 bridgehead atoms. The SMILES string of the molecule is Cc1ccc(F)c(-c2nc3c(cc2C#N)c(N2C[C@@H](C)N(C(=O)OC(C)(C)C)C[C@@H]2C)nc(=O)n3-c2c(C3CC3)ncnc2C2CC2)c1. The van der Waals surface area contributed by atoms with Crippen LogP contribution in [0.5, 0.6) is 0 Å². The van der Waals surface area contributed by atoms with E-state index in [1.54, 1.807) is 29.4 Å². The topological polar surface area (TPSA) is 130 Å². The third kappa shape index (κ3) is 5.76. The summed E-state index contributed by atoms with van der Waals surface area (Å²) >= 11 is 0. The first-order valence-corrected chi connectivity index (χ1v) is 16.6. The van der Waals surface area contributed by atoms with Crippen molar-refractivity contribution >= 4 is 22.9 Å². The van der Waals surface area contributed by atoms with Crippen molar-refractivity contribution in [3.05, 3.63) is 69.4 Å². The minimum atomic E-state index is -0.646. The van der Waals surface area contributed by atoms with Gasteiger partial charge in [-0.1, -0.05) is 11.6 Å². The monoisotopic (exact) mass is 650 g/mol. The quantitative estimate of drug-likeness (QED) is 0.250. The number of fused-ring (bicyclic) bond motifs is 1. The Hall–Kier alpha value is -4.92. The number of piperazine rings is 1. The van der Waals surface area contributed by atoms with Crippen molar-refractivity contribution in [2.45, 2.75) is 96.7 Å². The maximum atomic E-state index is 15.4. The van der Waals surface area contributed by atoms with Gasteiger partial charge >= 0.3 is 11.8 Å². The average Bonchev–Trinajstić information content (AvgIpc) is 3.95. The van der Waals surface area contributed by atoms with Gasteiger partial charge in [0.25, 0.3) is 0 Å². The van der Waals surface area contributed by atoms with Gasteiger partial charge in [0.15, 0.2) is 5.65 Å².